The molecule has 1 aromatic carbocycles. The summed E-state index contributed by atoms with van der Waals surface area (Å²) in [5.74, 6) is -1.58. The lowest BCUT2D eigenvalue weighted by atomic mass is 10.1. The van der Waals surface area contributed by atoms with Crippen molar-refractivity contribution in [3.05, 3.63) is 52.6 Å². The minimum atomic E-state index is -0.671. The summed E-state index contributed by atoms with van der Waals surface area (Å²) < 4.78 is 14.6. The standard InChI is InChI=1S/C16H18FN3O2/c1-10-14(11(2)20(3)19-10)15(21)16(22)18-8-7-12-5-4-6-13(17)9-12/h4-6,9H,7-8H2,1-3H3,(H,18,22). The third-order valence-electron chi connectivity index (χ3n) is 3.53. The van der Waals surface area contributed by atoms with Crippen LogP contribution in [0.15, 0.2) is 24.3 Å². The predicted molar refractivity (Wildman–Crippen MR) is 80.1 cm³/mol. The largest absolute Gasteiger partial charge is 0.349 e. The fraction of sp³-hybridized carbons (Fsp3) is 0.312. The molecule has 116 valence electrons. The van der Waals surface area contributed by atoms with Crippen molar-refractivity contribution in [2.24, 2.45) is 7.05 Å². The molecule has 0 saturated heterocycles. The van der Waals surface area contributed by atoms with E-state index in [0.29, 0.717) is 23.4 Å². The number of benzene rings is 1. The summed E-state index contributed by atoms with van der Waals surface area (Å²) in [5.41, 5.74) is 2.29. The first-order valence-corrected chi connectivity index (χ1v) is 6.97. The van der Waals surface area contributed by atoms with Crippen LogP contribution in [-0.4, -0.2) is 28.0 Å². The third-order valence-corrected chi connectivity index (χ3v) is 3.53. The van der Waals surface area contributed by atoms with Crippen molar-refractivity contribution in [1.82, 2.24) is 15.1 Å². The maximum atomic E-state index is 13.0. The number of carbonyl (C=O) groups excluding carboxylic acids is 2. The maximum absolute atomic E-state index is 13.0. The Morgan fingerprint density at radius 2 is 2.05 bits per heavy atom. The Hall–Kier alpha value is -2.50. The van der Waals surface area contributed by atoms with E-state index in [9.17, 15) is 14.0 Å². The molecule has 0 aliphatic carbocycles. The molecule has 0 aliphatic heterocycles. The number of rotatable bonds is 5. The Bertz CT molecular complexity index is 722. The van der Waals surface area contributed by atoms with E-state index in [1.807, 2.05) is 0 Å². The number of hydrogen-bond acceptors (Lipinski definition) is 3. The van der Waals surface area contributed by atoms with Gasteiger partial charge in [0, 0.05) is 19.3 Å². The molecule has 0 saturated carbocycles. The molecular weight excluding hydrogens is 285 g/mol. The Kier molecular flexibility index (Phi) is 4.70. The van der Waals surface area contributed by atoms with Gasteiger partial charge >= 0.3 is 0 Å². The number of amides is 1. The highest BCUT2D eigenvalue weighted by Gasteiger charge is 2.23. The van der Waals surface area contributed by atoms with E-state index in [1.54, 1.807) is 37.7 Å². The van der Waals surface area contributed by atoms with Gasteiger partial charge in [0.25, 0.3) is 11.7 Å². The quantitative estimate of drug-likeness (QED) is 0.675. The van der Waals surface area contributed by atoms with Crippen molar-refractivity contribution in [2.75, 3.05) is 6.54 Å². The van der Waals surface area contributed by atoms with Crippen LogP contribution in [0.5, 0.6) is 0 Å². The maximum Gasteiger partial charge on any atom is 0.292 e. The van der Waals surface area contributed by atoms with Crippen LogP contribution in [0.25, 0.3) is 0 Å². The van der Waals surface area contributed by atoms with E-state index in [1.165, 1.54) is 12.1 Å². The van der Waals surface area contributed by atoms with Crippen LogP contribution in [0.3, 0.4) is 0 Å². The zero-order valence-corrected chi connectivity index (χ0v) is 12.8. The van der Waals surface area contributed by atoms with Crippen LogP contribution in [0.2, 0.25) is 0 Å². The van der Waals surface area contributed by atoms with Gasteiger partial charge in [-0.1, -0.05) is 12.1 Å². The molecule has 0 aliphatic rings. The summed E-state index contributed by atoms with van der Waals surface area (Å²) in [6.07, 6.45) is 0.460. The number of carbonyl (C=O) groups is 2. The third kappa shape index (κ3) is 3.39. The first-order valence-electron chi connectivity index (χ1n) is 6.97. The van der Waals surface area contributed by atoms with Crippen LogP contribution >= 0.6 is 0 Å². The summed E-state index contributed by atoms with van der Waals surface area (Å²) >= 11 is 0. The summed E-state index contributed by atoms with van der Waals surface area (Å²) in [5, 5.41) is 6.69. The number of ketones is 1. The summed E-state index contributed by atoms with van der Waals surface area (Å²) in [7, 11) is 1.72. The van der Waals surface area contributed by atoms with Gasteiger partial charge in [-0.3, -0.25) is 14.3 Å². The van der Waals surface area contributed by atoms with E-state index in [0.717, 1.165) is 5.56 Å². The van der Waals surface area contributed by atoms with E-state index in [-0.39, 0.29) is 12.4 Å². The lowest BCUT2D eigenvalue weighted by Crippen LogP contribution is -2.33. The van der Waals surface area contributed by atoms with Crippen LogP contribution in [0.4, 0.5) is 4.39 Å². The molecule has 0 radical (unpaired) electrons. The number of nitrogens with one attached hydrogen (secondary N) is 1. The van der Waals surface area contributed by atoms with Crippen molar-refractivity contribution in [3.63, 3.8) is 0 Å². The molecule has 1 amide bonds. The summed E-state index contributed by atoms with van der Waals surface area (Å²) in [4.78, 5) is 24.1. The highest BCUT2D eigenvalue weighted by molar-refractivity contribution is 6.43. The second kappa shape index (κ2) is 6.51. The topological polar surface area (TPSA) is 64.0 Å². The molecule has 0 fully saturated rings. The van der Waals surface area contributed by atoms with Gasteiger partial charge in [0.2, 0.25) is 0 Å². The molecule has 5 nitrogen and oxygen atoms in total. The number of nitrogens with zero attached hydrogens (tertiary/aromatic N) is 2. The fourth-order valence-electron chi connectivity index (χ4n) is 2.31. The summed E-state index contributed by atoms with van der Waals surface area (Å²) in [6.45, 7) is 3.71. The Morgan fingerprint density at radius 1 is 1.32 bits per heavy atom. The van der Waals surface area contributed by atoms with E-state index < -0.39 is 11.7 Å². The highest BCUT2D eigenvalue weighted by atomic mass is 19.1. The molecule has 0 atom stereocenters. The second-order valence-corrected chi connectivity index (χ2v) is 5.13. The van der Waals surface area contributed by atoms with E-state index in [4.69, 9.17) is 0 Å². The van der Waals surface area contributed by atoms with Crippen LogP contribution < -0.4 is 5.32 Å². The van der Waals surface area contributed by atoms with Crippen LogP contribution in [0, 0.1) is 19.7 Å². The van der Waals surface area contributed by atoms with E-state index >= 15 is 0 Å². The number of aromatic nitrogens is 2. The minimum Gasteiger partial charge on any atom is -0.349 e. The van der Waals surface area contributed by atoms with Gasteiger partial charge in [0.1, 0.15) is 5.82 Å². The molecule has 2 rings (SSSR count). The molecule has 2 aromatic rings. The second-order valence-electron chi connectivity index (χ2n) is 5.13. The van der Waals surface area contributed by atoms with Gasteiger partial charge in [-0.15, -0.1) is 0 Å². The molecule has 0 bridgehead atoms. The first-order chi connectivity index (χ1) is 10.4. The van der Waals surface area contributed by atoms with Gasteiger partial charge in [0.05, 0.1) is 11.3 Å². The van der Waals surface area contributed by atoms with E-state index in [2.05, 4.69) is 10.4 Å². The van der Waals surface area contributed by atoms with Crippen LogP contribution in [-0.2, 0) is 18.3 Å². The molecule has 0 spiro atoms. The molecule has 0 unspecified atom stereocenters. The van der Waals surface area contributed by atoms with Gasteiger partial charge in [-0.2, -0.15) is 5.10 Å². The normalized spacial score (nSPS) is 10.5. The number of hydrogen-bond donors (Lipinski definition) is 1. The first kappa shape index (κ1) is 15.9. The van der Waals surface area contributed by atoms with Crippen molar-refractivity contribution in [3.8, 4) is 0 Å². The highest BCUT2D eigenvalue weighted by Crippen LogP contribution is 2.12. The van der Waals surface area contributed by atoms with Crippen LogP contribution in [0.1, 0.15) is 27.3 Å². The van der Waals surface area contributed by atoms with Crippen molar-refractivity contribution in [2.45, 2.75) is 20.3 Å². The van der Waals surface area contributed by atoms with Crippen molar-refractivity contribution < 1.29 is 14.0 Å². The molecule has 1 aromatic heterocycles. The lowest BCUT2D eigenvalue weighted by Gasteiger charge is -2.05. The van der Waals surface area contributed by atoms with Gasteiger partial charge in [-0.05, 0) is 38.0 Å². The lowest BCUT2D eigenvalue weighted by molar-refractivity contribution is -0.116. The average Bonchev–Trinajstić information content (AvgIpc) is 2.71. The van der Waals surface area contributed by atoms with Gasteiger partial charge in [0.15, 0.2) is 0 Å². The Labute approximate surface area is 128 Å². The smallest absolute Gasteiger partial charge is 0.292 e. The Balaban J connectivity index is 1.96. The number of aryl methyl sites for hydroxylation is 2. The average molecular weight is 303 g/mol. The number of Topliss-reactive ketones (excluding diaryl/α,β-unsaturated/α-hetero) is 1. The molecule has 1 heterocycles. The Morgan fingerprint density at radius 3 is 2.64 bits per heavy atom. The van der Waals surface area contributed by atoms with Gasteiger partial charge < -0.3 is 5.32 Å². The summed E-state index contributed by atoms with van der Waals surface area (Å²) in [6, 6.07) is 6.15. The molecular formula is C16H18FN3O2. The van der Waals surface area contributed by atoms with Crippen molar-refractivity contribution >= 4 is 11.7 Å². The zero-order chi connectivity index (χ0) is 16.3. The van der Waals surface area contributed by atoms with Gasteiger partial charge in [-0.25, -0.2) is 4.39 Å². The fourth-order valence-corrected chi connectivity index (χ4v) is 2.31. The molecule has 1 N–H and O–H groups in total. The predicted octanol–water partition coefficient (Wildman–Crippen LogP) is 1.72. The monoisotopic (exact) mass is 303 g/mol. The molecule has 6 heteroatoms. The minimum absolute atomic E-state index is 0.270. The van der Waals surface area contributed by atoms with Crippen molar-refractivity contribution in [1.29, 1.82) is 0 Å². The number of halogens is 1. The zero-order valence-electron chi connectivity index (χ0n) is 12.8. The molecule has 22 heavy (non-hydrogen) atoms. The SMILES string of the molecule is Cc1nn(C)c(C)c1C(=O)C(=O)NCCc1cccc(F)c1.